The van der Waals surface area contributed by atoms with Crippen LogP contribution in [0.15, 0.2) is 60.9 Å². The first-order chi connectivity index (χ1) is 14.6. The highest BCUT2D eigenvalue weighted by atomic mass is 19.1. The first-order valence-corrected chi connectivity index (χ1v) is 10.3. The van der Waals surface area contributed by atoms with E-state index in [4.69, 9.17) is 4.74 Å². The van der Waals surface area contributed by atoms with E-state index < -0.39 is 0 Å². The van der Waals surface area contributed by atoms with Gasteiger partial charge in [-0.1, -0.05) is 18.6 Å². The second-order valence-electron chi connectivity index (χ2n) is 7.73. The summed E-state index contributed by atoms with van der Waals surface area (Å²) in [5.41, 5.74) is 3.70. The molecule has 0 aliphatic carbocycles. The molecule has 30 heavy (non-hydrogen) atoms. The summed E-state index contributed by atoms with van der Waals surface area (Å²) < 4.78 is 18.4. The lowest BCUT2D eigenvalue weighted by Crippen LogP contribution is -2.21. The fourth-order valence-electron chi connectivity index (χ4n) is 4.05. The summed E-state index contributed by atoms with van der Waals surface area (Å²) in [6, 6.07) is 14.0. The summed E-state index contributed by atoms with van der Waals surface area (Å²) in [6.45, 7) is 0. The number of pyridine rings is 1. The third kappa shape index (κ3) is 4.67. The number of hydrogen-bond acceptors (Lipinski definition) is 4. The standard InChI is InChI=1S/C25H24FNO3/c26-20-8-6-17(7-9-20)4-2-1-3-5-18-14-22(28)25-21(19-10-12-27-13-11-19)16-24(29)30-23(25)15-18/h6-15,21,28H,1-5,16H2. The molecule has 0 saturated heterocycles. The molecule has 4 rings (SSSR count). The lowest BCUT2D eigenvalue weighted by molar-refractivity contribution is -0.135. The summed E-state index contributed by atoms with van der Waals surface area (Å²) in [4.78, 5) is 16.2. The average molecular weight is 405 g/mol. The van der Waals surface area contributed by atoms with Crippen LogP contribution in [0.4, 0.5) is 4.39 Å². The number of benzene rings is 2. The lowest BCUT2D eigenvalue weighted by atomic mass is 9.85. The average Bonchev–Trinajstić information content (AvgIpc) is 2.74. The summed E-state index contributed by atoms with van der Waals surface area (Å²) >= 11 is 0. The van der Waals surface area contributed by atoms with E-state index >= 15 is 0 Å². The van der Waals surface area contributed by atoms with E-state index in [-0.39, 0.29) is 29.9 Å². The van der Waals surface area contributed by atoms with Gasteiger partial charge < -0.3 is 9.84 Å². The number of aryl methyl sites for hydroxylation is 2. The highest BCUT2D eigenvalue weighted by Crippen LogP contribution is 2.44. The molecule has 0 bridgehead atoms. The smallest absolute Gasteiger partial charge is 0.312 e. The van der Waals surface area contributed by atoms with Crippen LogP contribution in [0.2, 0.25) is 0 Å². The Labute approximate surface area is 175 Å². The van der Waals surface area contributed by atoms with Crippen LogP contribution in [0, 0.1) is 5.82 Å². The molecule has 2 heterocycles. The van der Waals surface area contributed by atoms with Crippen LogP contribution in [0.1, 0.15) is 53.9 Å². The maximum atomic E-state index is 13.0. The molecule has 0 fully saturated rings. The van der Waals surface area contributed by atoms with Crippen molar-refractivity contribution < 1.29 is 19.0 Å². The number of esters is 1. The molecule has 0 saturated carbocycles. The first-order valence-electron chi connectivity index (χ1n) is 10.3. The zero-order valence-electron chi connectivity index (χ0n) is 16.7. The minimum Gasteiger partial charge on any atom is -0.507 e. The number of fused-ring (bicyclic) bond motifs is 1. The number of hydrogen-bond donors (Lipinski definition) is 1. The van der Waals surface area contributed by atoms with Crippen molar-refractivity contribution in [3.05, 3.63) is 89.0 Å². The normalized spacial score (nSPS) is 15.5. The minimum absolute atomic E-state index is 0.170. The van der Waals surface area contributed by atoms with Crippen LogP contribution in [0.3, 0.4) is 0 Å². The van der Waals surface area contributed by atoms with Gasteiger partial charge in [0.05, 0.1) is 6.42 Å². The zero-order valence-corrected chi connectivity index (χ0v) is 16.7. The number of ether oxygens (including phenoxy) is 1. The topological polar surface area (TPSA) is 59.4 Å². The zero-order chi connectivity index (χ0) is 20.9. The third-order valence-corrected chi connectivity index (χ3v) is 5.58. The van der Waals surface area contributed by atoms with Crippen LogP contribution in [0.25, 0.3) is 0 Å². The maximum absolute atomic E-state index is 13.0. The highest BCUT2D eigenvalue weighted by molar-refractivity contribution is 5.78. The molecule has 4 nitrogen and oxygen atoms in total. The number of unbranched alkanes of at least 4 members (excludes halogenated alkanes) is 2. The fourth-order valence-corrected chi connectivity index (χ4v) is 4.05. The van der Waals surface area contributed by atoms with Crippen molar-refractivity contribution in [2.45, 2.75) is 44.4 Å². The van der Waals surface area contributed by atoms with Gasteiger partial charge in [-0.05, 0) is 78.8 Å². The Morgan fingerprint density at radius 2 is 1.67 bits per heavy atom. The monoisotopic (exact) mass is 405 g/mol. The Hall–Kier alpha value is -3.21. The van der Waals surface area contributed by atoms with Crippen molar-refractivity contribution in [3.8, 4) is 11.5 Å². The predicted octanol–water partition coefficient (Wildman–Crippen LogP) is 5.32. The number of aromatic nitrogens is 1. The first kappa shape index (κ1) is 20.1. The second kappa shape index (κ2) is 9.08. The number of carbonyl (C=O) groups is 1. The molecule has 1 unspecified atom stereocenters. The largest absolute Gasteiger partial charge is 0.507 e. The fraction of sp³-hybridized carbons (Fsp3) is 0.280. The molecule has 0 radical (unpaired) electrons. The van der Waals surface area contributed by atoms with Gasteiger partial charge in [0.25, 0.3) is 0 Å². The van der Waals surface area contributed by atoms with Crippen molar-refractivity contribution in [2.24, 2.45) is 0 Å². The molecule has 1 aromatic heterocycles. The van der Waals surface area contributed by atoms with E-state index in [0.29, 0.717) is 11.3 Å². The van der Waals surface area contributed by atoms with Gasteiger partial charge in [0.2, 0.25) is 0 Å². The Morgan fingerprint density at radius 3 is 2.40 bits per heavy atom. The minimum atomic E-state index is -0.292. The molecule has 0 spiro atoms. The molecule has 3 aromatic rings. The van der Waals surface area contributed by atoms with E-state index in [1.165, 1.54) is 12.1 Å². The van der Waals surface area contributed by atoms with Crippen molar-refractivity contribution in [1.29, 1.82) is 0 Å². The van der Waals surface area contributed by atoms with Gasteiger partial charge in [0.15, 0.2) is 0 Å². The van der Waals surface area contributed by atoms with Crippen LogP contribution in [0.5, 0.6) is 11.5 Å². The Balaban J connectivity index is 1.40. The summed E-state index contributed by atoms with van der Waals surface area (Å²) in [6.07, 6.45) is 8.28. The SMILES string of the molecule is O=C1CC(c2ccncc2)c2c(O)cc(CCCCCc3ccc(F)cc3)cc2O1. The third-order valence-electron chi connectivity index (χ3n) is 5.58. The second-order valence-corrected chi connectivity index (χ2v) is 7.73. The van der Waals surface area contributed by atoms with Crippen molar-refractivity contribution in [3.63, 3.8) is 0 Å². The number of phenols is 1. The summed E-state index contributed by atoms with van der Waals surface area (Å²) in [7, 11) is 0. The molecule has 154 valence electrons. The van der Waals surface area contributed by atoms with Crippen molar-refractivity contribution in [1.82, 2.24) is 4.98 Å². The van der Waals surface area contributed by atoms with E-state index in [1.54, 1.807) is 18.5 Å². The number of phenolic OH excluding ortho intramolecular Hbond substituents is 1. The van der Waals surface area contributed by atoms with Crippen LogP contribution >= 0.6 is 0 Å². The van der Waals surface area contributed by atoms with E-state index in [9.17, 15) is 14.3 Å². The molecule has 2 aromatic carbocycles. The van der Waals surface area contributed by atoms with Crippen LogP contribution < -0.4 is 4.74 Å². The van der Waals surface area contributed by atoms with Gasteiger partial charge in [0.1, 0.15) is 17.3 Å². The van der Waals surface area contributed by atoms with Gasteiger partial charge >= 0.3 is 5.97 Å². The van der Waals surface area contributed by atoms with E-state index in [2.05, 4.69) is 4.98 Å². The van der Waals surface area contributed by atoms with Gasteiger partial charge in [-0.2, -0.15) is 0 Å². The number of halogens is 1. The maximum Gasteiger partial charge on any atom is 0.312 e. The lowest BCUT2D eigenvalue weighted by Gasteiger charge is -2.26. The van der Waals surface area contributed by atoms with Gasteiger partial charge in [-0.25, -0.2) is 4.39 Å². The molecular weight excluding hydrogens is 381 g/mol. The van der Waals surface area contributed by atoms with E-state index in [0.717, 1.165) is 48.8 Å². The summed E-state index contributed by atoms with van der Waals surface area (Å²) in [5, 5.41) is 10.7. The molecule has 1 atom stereocenters. The number of rotatable bonds is 7. The highest BCUT2D eigenvalue weighted by Gasteiger charge is 2.31. The Bertz CT molecular complexity index is 1020. The Morgan fingerprint density at radius 1 is 0.967 bits per heavy atom. The van der Waals surface area contributed by atoms with Gasteiger partial charge in [-0.15, -0.1) is 0 Å². The quantitative estimate of drug-likeness (QED) is 0.328. The molecule has 1 aliphatic rings. The summed E-state index contributed by atoms with van der Waals surface area (Å²) in [5.74, 6) is -0.107. The number of aromatic hydroxyl groups is 1. The van der Waals surface area contributed by atoms with Gasteiger partial charge in [-0.3, -0.25) is 9.78 Å². The predicted molar refractivity (Wildman–Crippen MR) is 112 cm³/mol. The molecule has 5 heteroatoms. The van der Waals surface area contributed by atoms with Gasteiger partial charge in [0, 0.05) is 23.9 Å². The van der Waals surface area contributed by atoms with Crippen LogP contribution in [-0.2, 0) is 17.6 Å². The molecular formula is C25H24FNO3. The Kier molecular flexibility index (Phi) is 6.07. The molecule has 1 aliphatic heterocycles. The number of nitrogens with zero attached hydrogens (tertiary/aromatic N) is 1. The van der Waals surface area contributed by atoms with Crippen molar-refractivity contribution in [2.75, 3.05) is 0 Å². The van der Waals surface area contributed by atoms with Crippen molar-refractivity contribution >= 4 is 5.97 Å². The molecule has 0 amide bonds. The van der Waals surface area contributed by atoms with E-state index in [1.807, 2.05) is 30.3 Å². The number of carbonyl (C=O) groups excluding carboxylic acids is 1. The van der Waals surface area contributed by atoms with Crippen LogP contribution in [-0.4, -0.2) is 16.1 Å². The molecule has 1 N–H and O–H groups in total.